The lowest BCUT2D eigenvalue weighted by Crippen LogP contribution is -2.48. The van der Waals surface area contributed by atoms with Crippen LogP contribution in [0.3, 0.4) is 0 Å². The molecule has 0 aromatic heterocycles. The van der Waals surface area contributed by atoms with Gasteiger partial charge in [0.1, 0.15) is 17.7 Å². The molecule has 2 N–H and O–H groups in total. The van der Waals surface area contributed by atoms with E-state index in [4.69, 9.17) is 27.9 Å². The number of amides is 1. The highest BCUT2D eigenvalue weighted by Gasteiger charge is 2.43. The number of hydrogen-bond acceptors (Lipinski definition) is 3. The minimum absolute atomic E-state index is 0.0950. The SMILES string of the molecule is COc1ccc(Cl)c(C(=O)NC(c2cccc(F)c2Cl)[C@]2(O)CC[C@@H](F)CC2)c1. The van der Waals surface area contributed by atoms with Gasteiger partial charge >= 0.3 is 0 Å². The van der Waals surface area contributed by atoms with Gasteiger partial charge in [0.15, 0.2) is 0 Å². The Hall–Kier alpha value is -1.89. The van der Waals surface area contributed by atoms with E-state index in [1.165, 1.54) is 37.4 Å². The normalized spacial score (nSPS) is 22.8. The van der Waals surface area contributed by atoms with Crippen molar-refractivity contribution in [1.29, 1.82) is 0 Å². The Balaban J connectivity index is 2.00. The molecule has 1 saturated carbocycles. The van der Waals surface area contributed by atoms with Gasteiger partial charge in [-0.3, -0.25) is 4.79 Å². The van der Waals surface area contributed by atoms with Gasteiger partial charge in [0.25, 0.3) is 5.91 Å². The van der Waals surface area contributed by atoms with Gasteiger partial charge < -0.3 is 15.2 Å². The standard InChI is InChI=1S/C21H21Cl2F2NO3/c1-29-13-5-6-16(22)15(11-13)20(27)26-19(14-3-2-4-17(25)18(14)23)21(28)9-7-12(24)8-10-21/h2-6,11-12,19,28H,7-10H2,1H3,(H,26,27)/t12-,19?,21+. The van der Waals surface area contributed by atoms with Crippen molar-refractivity contribution in [1.82, 2.24) is 5.32 Å². The summed E-state index contributed by atoms with van der Waals surface area (Å²) >= 11 is 12.3. The van der Waals surface area contributed by atoms with Crippen molar-refractivity contribution >= 4 is 29.1 Å². The molecule has 2 aromatic rings. The highest BCUT2D eigenvalue weighted by Crippen LogP contribution is 2.42. The Kier molecular flexibility index (Phi) is 6.66. The van der Waals surface area contributed by atoms with Gasteiger partial charge in [-0.05, 0) is 55.5 Å². The monoisotopic (exact) mass is 443 g/mol. The van der Waals surface area contributed by atoms with Crippen molar-refractivity contribution < 1.29 is 23.4 Å². The second kappa shape index (κ2) is 8.86. The van der Waals surface area contributed by atoms with Crippen LogP contribution >= 0.6 is 23.2 Å². The van der Waals surface area contributed by atoms with E-state index in [9.17, 15) is 18.7 Å². The third kappa shape index (κ3) is 4.65. The molecule has 1 amide bonds. The average molecular weight is 444 g/mol. The van der Waals surface area contributed by atoms with Gasteiger partial charge in [-0.2, -0.15) is 0 Å². The Morgan fingerprint density at radius 2 is 1.97 bits per heavy atom. The molecule has 0 bridgehead atoms. The lowest BCUT2D eigenvalue weighted by molar-refractivity contribution is -0.0445. The maximum absolute atomic E-state index is 14.1. The molecule has 1 unspecified atom stereocenters. The maximum atomic E-state index is 14.1. The molecule has 3 rings (SSSR count). The molecule has 1 aliphatic rings. The fourth-order valence-electron chi connectivity index (χ4n) is 3.63. The van der Waals surface area contributed by atoms with Crippen molar-refractivity contribution in [2.75, 3.05) is 7.11 Å². The van der Waals surface area contributed by atoms with Crippen LogP contribution in [-0.4, -0.2) is 29.9 Å². The highest BCUT2D eigenvalue weighted by molar-refractivity contribution is 6.34. The van der Waals surface area contributed by atoms with Crippen LogP contribution in [0.15, 0.2) is 36.4 Å². The zero-order valence-corrected chi connectivity index (χ0v) is 17.2. The third-order valence-electron chi connectivity index (χ3n) is 5.30. The van der Waals surface area contributed by atoms with E-state index in [-0.39, 0.29) is 46.9 Å². The largest absolute Gasteiger partial charge is 0.497 e. The van der Waals surface area contributed by atoms with Gasteiger partial charge in [-0.25, -0.2) is 8.78 Å². The number of carbonyl (C=O) groups is 1. The molecule has 8 heteroatoms. The van der Waals surface area contributed by atoms with Gasteiger partial charge in [0.2, 0.25) is 0 Å². The Bertz CT molecular complexity index is 901. The number of aliphatic hydroxyl groups is 1. The number of halogens is 4. The van der Waals surface area contributed by atoms with Crippen molar-refractivity contribution in [3.8, 4) is 5.75 Å². The summed E-state index contributed by atoms with van der Waals surface area (Å²) in [5, 5.41) is 14.0. The molecular formula is C21H21Cl2F2NO3. The number of methoxy groups -OCH3 is 1. The van der Waals surface area contributed by atoms with Gasteiger partial charge in [0, 0.05) is 0 Å². The molecule has 1 fully saturated rings. The van der Waals surface area contributed by atoms with Crippen LogP contribution in [0.2, 0.25) is 10.0 Å². The van der Waals surface area contributed by atoms with E-state index in [1.54, 1.807) is 6.07 Å². The van der Waals surface area contributed by atoms with Crippen LogP contribution in [0, 0.1) is 5.82 Å². The zero-order valence-electron chi connectivity index (χ0n) is 15.7. The van der Waals surface area contributed by atoms with Crippen molar-refractivity contribution in [3.05, 3.63) is 63.4 Å². The summed E-state index contributed by atoms with van der Waals surface area (Å²) in [6.45, 7) is 0. The van der Waals surface area contributed by atoms with Crippen molar-refractivity contribution in [2.24, 2.45) is 0 Å². The summed E-state index contributed by atoms with van der Waals surface area (Å²) in [6.07, 6.45) is -0.566. The van der Waals surface area contributed by atoms with E-state index in [0.717, 1.165) is 0 Å². The molecule has 1 aliphatic carbocycles. The highest BCUT2D eigenvalue weighted by atomic mass is 35.5. The first-order valence-corrected chi connectivity index (χ1v) is 9.95. The number of hydrogen-bond donors (Lipinski definition) is 2. The van der Waals surface area contributed by atoms with E-state index >= 15 is 0 Å². The first-order valence-electron chi connectivity index (χ1n) is 9.20. The number of rotatable bonds is 5. The second-order valence-corrected chi connectivity index (χ2v) is 7.96. The molecule has 0 heterocycles. The number of alkyl halides is 1. The Morgan fingerprint density at radius 3 is 2.62 bits per heavy atom. The quantitative estimate of drug-likeness (QED) is 0.662. The van der Waals surface area contributed by atoms with Crippen LogP contribution in [0.5, 0.6) is 5.75 Å². The van der Waals surface area contributed by atoms with Crippen molar-refractivity contribution in [2.45, 2.75) is 43.5 Å². The predicted molar refractivity (Wildman–Crippen MR) is 108 cm³/mol. The molecule has 0 radical (unpaired) electrons. The molecule has 1 atom stereocenters. The van der Waals surface area contributed by atoms with E-state index in [0.29, 0.717) is 5.75 Å². The molecule has 0 aliphatic heterocycles. The first-order chi connectivity index (χ1) is 13.7. The van der Waals surface area contributed by atoms with Gasteiger partial charge in [0.05, 0.1) is 34.4 Å². The lowest BCUT2D eigenvalue weighted by atomic mass is 9.76. The number of carbonyl (C=O) groups excluding carboxylic acids is 1. The zero-order chi connectivity index (χ0) is 21.2. The fraction of sp³-hybridized carbons (Fsp3) is 0.381. The van der Waals surface area contributed by atoms with Gasteiger partial charge in [-0.15, -0.1) is 0 Å². The predicted octanol–water partition coefficient (Wildman–Crippen LogP) is 5.26. The summed E-state index contributed by atoms with van der Waals surface area (Å²) in [6, 6.07) is 7.70. The smallest absolute Gasteiger partial charge is 0.253 e. The summed E-state index contributed by atoms with van der Waals surface area (Å²) < 4.78 is 32.9. The number of ether oxygens (including phenoxy) is 1. The topological polar surface area (TPSA) is 58.6 Å². The summed E-state index contributed by atoms with van der Waals surface area (Å²) in [5.41, 5.74) is -1.13. The third-order valence-corrected chi connectivity index (χ3v) is 6.03. The molecule has 2 aromatic carbocycles. The van der Waals surface area contributed by atoms with Crippen LogP contribution in [0.25, 0.3) is 0 Å². The molecule has 0 spiro atoms. The van der Waals surface area contributed by atoms with Crippen molar-refractivity contribution in [3.63, 3.8) is 0 Å². The lowest BCUT2D eigenvalue weighted by Gasteiger charge is -2.41. The molecule has 4 nitrogen and oxygen atoms in total. The summed E-state index contributed by atoms with van der Waals surface area (Å²) in [5.74, 6) is -0.836. The van der Waals surface area contributed by atoms with Crippen LogP contribution in [0.1, 0.15) is 47.6 Å². The van der Waals surface area contributed by atoms with E-state index in [2.05, 4.69) is 5.32 Å². The molecule has 156 valence electrons. The first kappa shape index (κ1) is 21.8. The number of nitrogens with one attached hydrogen (secondary N) is 1. The average Bonchev–Trinajstić information content (AvgIpc) is 2.71. The summed E-state index contributed by atoms with van der Waals surface area (Å²) in [7, 11) is 1.46. The van der Waals surface area contributed by atoms with E-state index in [1.807, 2.05) is 0 Å². The number of benzene rings is 2. The molecular weight excluding hydrogens is 423 g/mol. The molecule has 29 heavy (non-hydrogen) atoms. The van der Waals surface area contributed by atoms with Gasteiger partial charge in [-0.1, -0.05) is 35.3 Å². The maximum Gasteiger partial charge on any atom is 0.253 e. The van der Waals surface area contributed by atoms with Crippen LogP contribution in [0.4, 0.5) is 8.78 Å². The fourth-order valence-corrected chi connectivity index (χ4v) is 4.07. The minimum Gasteiger partial charge on any atom is -0.497 e. The molecule has 0 saturated heterocycles. The van der Waals surface area contributed by atoms with Crippen LogP contribution in [-0.2, 0) is 0 Å². The minimum atomic E-state index is -1.49. The van der Waals surface area contributed by atoms with Crippen LogP contribution < -0.4 is 10.1 Å². The van der Waals surface area contributed by atoms with E-state index < -0.39 is 29.5 Å². The Morgan fingerprint density at radius 1 is 1.28 bits per heavy atom. The summed E-state index contributed by atoms with van der Waals surface area (Å²) in [4.78, 5) is 13.0. The Labute approximate surface area is 177 Å². The second-order valence-electron chi connectivity index (χ2n) is 7.17.